The van der Waals surface area contributed by atoms with E-state index < -0.39 is 0 Å². The van der Waals surface area contributed by atoms with Crippen LogP contribution < -0.4 is 11.1 Å². The van der Waals surface area contributed by atoms with Gasteiger partial charge in [0.05, 0.1) is 11.9 Å². The van der Waals surface area contributed by atoms with Crippen LogP contribution in [0.5, 0.6) is 0 Å². The summed E-state index contributed by atoms with van der Waals surface area (Å²) in [5.41, 5.74) is 6.24. The second kappa shape index (κ2) is 5.51. The fourth-order valence-corrected chi connectivity index (χ4v) is 2.50. The number of nitrogen functional groups attached to an aromatic ring is 1. The van der Waals surface area contributed by atoms with Crippen molar-refractivity contribution in [2.45, 2.75) is 19.3 Å². The fourth-order valence-electron chi connectivity index (χ4n) is 2.36. The molecule has 1 saturated carbocycles. The second-order valence-electron chi connectivity index (χ2n) is 4.46. The van der Waals surface area contributed by atoms with Crippen LogP contribution in [-0.2, 0) is 0 Å². The van der Waals surface area contributed by atoms with Crippen molar-refractivity contribution in [3.8, 4) is 0 Å². The standard InChI is InChI=1S/C11H17ClN4O/c12-11-15-5-9(13)10(16-11)14-4-7-2-1-3-8(7)6-17/h5,7-8,17H,1-4,6,13H2,(H,14,15,16). The lowest BCUT2D eigenvalue weighted by Gasteiger charge is -2.18. The summed E-state index contributed by atoms with van der Waals surface area (Å²) in [4.78, 5) is 7.84. The summed E-state index contributed by atoms with van der Waals surface area (Å²) in [5, 5.41) is 12.6. The molecule has 2 unspecified atom stereocenters. The van der Waals surface area contributed by atoms with Crippen molar-refractivity contribution < 1.29 is 5.11 Å². The van der Waals surface area contributed by atoms with Crippen molar-refractivity contribution >= 4 is 23.1 Å². The Morgan fingerprint density at radius 2 is 2.24 bits per heavy atom. The molecule has 1 aromatic rings. The van der Waals surface area contributed by atoms with E-state index in [0.717, 1.165) is 19.4 Å². The third kappa shape index (κ3) is 2.98. The van der Waals surface area contributed by atoms with Crippen molar-refractivity contribution in [3.63, 3.8) is 0 Å². The lowest BCUT2D eigenvalue weighted by molar-refractivity contribution is 0.199. The lowest BCUT2D eigenvalue weighted by atomic mass is 9.97. The normalized spacial score (nSPS) is 23.9. The molecule has 0 amide bonds. The highest BCUT2D eigenvalue weighted by atomic mass is 35.5. The van der Waals surface area contributed by atoms with Gasteiger partial charge in [-0.2, -0.15) is 4.98 Å². The Balaban J connectivity index is 1.95. The minimum atomic E-state index is 0.187. The quantitative estimate of drug-likeness (QED) is 0.712. The molecule has 1 aliphatic rings. The molecule has 2 atom stereocenters. The Hall–Kier alpha value is -1.07. The second-order valence-corrected chi connectivity index (χ2v) is 4.80. The van der Waals surface area contributed by atoms with Crippen molar-refractivity contribution in [2.75, 3.05) is 24.2 Å². The zero-order chi connectivity index (χ0) is 12.3. The molecular formula is C11H17ClN4O. The van der Waals surface area contributed by atoms with E-state index in [1.807, 2.05) is 0 Å². The summed E-state index contributed by atoms with van der Waals surface area (Å²) in [6.45, 7) is 1.02. The van der Waals surface area contributed by atoms with Crippen LogP contribution in [0, 0.1) is 11.8 Å². The van der Waals surface area contributed by atoms with Crippen molar-refractivity contribution in [1.82, 2.24) is 9.97 Å². The third-order valence-electron chi connectivity index (χ3n) is 3.37. The van der Waals surface area contributed by atoms with Crippen LogP contribution in [0.4, 0.5) is 11.5 Å². The Labute approximate surface area is 105 Å². The van der Waals surface area contributed by atoms with Gasteiger partial charge in [-0.05, 0) is 36.3 Å². The van der Waals surface area contributed by atoms with E-state index in [1.165, 1.54) is 12.6 Å². The zero-order valence-electron chi connectivity index (χ0n) is 9.56. The van der Waals surface area contributed by atoms with Gasteiger partial charge in [-0.25, -0.2) is 4.98 Å². The number of hydrogen-bond donors (Lipinski definition) is 3. The topological polar surface area (TPSA) is 84.1 Å². The van der Waals surface area contributed by atoms with Crippen molar-refractivity contribution in [2.24, 2.45) is 11.8 Å². The molecule has 94 valence electrons. The summed E-state index contributed by atoms with van der Waals surface area (Å²) in [6, 6.07) is 0. The van der Waals surface area contributed by atoms with Crippen LogP contribution in [0.3, 0.4) is 0 Å². The largest absolute Gasteiger partial charge is 0.396 e. The van der Waals surface area contributed by atoms with Crippen LogP contribution in [0.2, 0.25) is 5.28 Å². The maximum Gasteiger partial charge on any atom is 0.224 e. The molecule has 1 aliphatic carbocycles. The van der Waals surface area contributed by atoms with Gasteiger partial charge < -0.3 is 16.2 Å². The molecule has 0 radical (unpaired) electrons. The number of anilines is 2. The van der Waals surface area contributed by atoms with Gasteiger partial charge >= 0.3 is 0 Å². The van der Waals surface area contributed by atoms with Gasteiger partial charge in [0, 0.05) is 13.2 Å². The predicted octanol–water partition coefficient (Wildman–Crippen LogP) is 1.53. The van der Waals surface area contributed by atoms with E-state index in [9.17, 15) is 5.11 Å². The molecule has 4 N–H and O–H groups in total. The highest BCUT2D eigenvalue weighted by Gasteiger charge is 2.26. The van der Waals surface area contributed by atoms with E-state index in [2.05, 4.69) is 15.3 Å². The number of nitrogens with two attached hydrogens (primary N) is 1. The first-order valence-electron chi connectivity index (χ1n) is 5.83. The minimum Gasteiger partial charge on any atom is -0.396 e. The van der Waals surface area contributed by atoms with Gasteiger partial charge in [-0.15, -0.1) is 0 Å². The van der Waals surface area contributed by atoms with E-state index in [-0.39, 0.29) is 11.9 Å². The summed E-state index contributed by atoms with van der Waals surface area (Å²) < 4.78 is 0. The van der Waals surface area contributed by atoms with Crippen LogP contribution in [-0.4, -0.2) is 28.2 Å². The molecule has 2 rings (SSSR count). The van der Waals surface area contributed by atoms with Crippen LogP contribution >= 0.6 is 11.6 Å². The Morgan fingerprint density at radius 1 is 1.47 bits per heavy atom. The molecule has 5 nitrogen and oxygen atoms in total. The first-order chi connectivity index (χ1) is 8.20. The predicted molar refractivity (Wildman–Crippen MR) is 67.9 cm³/mol. The summed E-state index contributed by atoms with van der Waals surface area (Å²) in [6.07, 6.45) is 4.91. The average Bonchev–Trinajstić information content (AvgIpc) is 2.77. The van der Waals surface area contributed by atoms with E-state index in [0.29, 0.717) is 23.3 Å². The monoisotopic (exact) mass is 256 g/mol. The van der Waals surface area contributed by atoms with E-state index in [4.69, 9.17) is 17.3 Å². The first kappa shape index (κ1) is 12.4. The summed E-state index contributed by atoms with van der Waals surface area (Å²) >= 11 is 5.71. The lowest BCUT2D eigenvalue weighted by Crippen LogP contribution is -2.21. The molecule has 17 heavy (non-hydrogen) atoms. The van der Waals surface area contributed by atoms with Gasteiger partial charge in [0.25, 0.3) is 0 Å². The number of rotatable bonds is 4. The van der Waals surface area contributed by atoms with E-state index in [1.54, 1.807) is 0 Å². The van der Waals surface area contributed by atoms with Gasteiger partial charge in [0.2, 0.25) is 5.28 Å². The first-order valence-corrected chi connectivity index (χ1v) is 6.21. The molecule has 1 heterocycles. The van der Waals surface area contributed by atoms with Crippen LogP contribution in [0.15, 0.2) is 6.20 Å². The maximum atomic E-state index is 9.23. The average molecular weight is 257 g/mol. The number of aliphatic hydroxyl groups excluding tert-OH is 1. The molecule has 0 aliphatic heterocycles. The van der Waals surface area contributed by atoms with Crippen molar-refractivity contribution in [3.05, 3.63) is 11.5 Å². The van der Waals surface area contributed by atoms with Gasteiger partial charge in [0.1, 0.15) is 0 Å². The number of hydrogen-bond acceptors (Lipinski definition) is 5. The van der Waals surface area contributed by atoms with Gasteiger partial charge in [-0.1, -0.05) is 6.42 Å². The zero-order valence-corrected chi connectivity index (χ0v) is 10.3. The minimum absolute atomic E-state index is 0.187. The third-order valence-corrected chi connectivity index (χ3v) is 3.55. The highest BCUT2D eigenvalue weighted by molar-refractivity contribution is 6.28. The van der Waals surface area contributed by atoms with E-state index >= 15 is 0 Å². The van der Waals surface area contributed by atoms with Gasteiger partial charge in [-0.3, -0.25) is 0 Å². The Bertz CT molecular complexity index is 388. The SMILES string of the molecule is Nc1cnc(Cl)nc1NCC1CCCC1CO. The maximum absolute atomic E-state index is 9.23. The summed E-state index contributed by atoms with van der Waals surface area (Å²) in [5.74, 6) is 1.45. The van der Waals surface area contributed by atoms with Gasteiger partial charge in [0.15, 0.2) is 5.82 Å². The molecule has 0 aromatic carbocycles. The molecule has 1 aromatic heterocycles. The van der Waals surface area contributed by atoms with Crippen LogP contribution in [0.1, 0.15) is 19.3 Å². The number of aromatic nitrogens is 2. The molecule has 0 spiro atoms. The number of nitrogens with zero attached hydrogens (tertiary/aromatic N) is 2. The molecule has 0 bridgehead atoms. The Kier molecular flexibility index (Phi) is 4.02. The van der Waals surface area contributed by atoms with Crippen LogP contribution in [0.25, 0.3) is 0 Å². The molecular weight excluding hydrogens is 240 g/mol. The molecule has 6 heteroatoms. The fraction of sp³-hybridized carbons (Fsp3) is 0.636. The molecule has 0 saturated heterocycles. The smallest absolute Gasteiger partial charge is 0.224 e. The number of nitrogens with one attached hydrogen (secondary N) is 1. The highest BCUT2D eigenvalue weighted by Crippen LogP contribution is 2.31. The molecule has 1 fully saturated rings. The van der Waals surface area contributed by atoms with Crippen molar-refractivity contribution in [1.29, 1.82) is 0 Å². The number of aliphatic hydroxyl groups is 1. The summed E-state index contributed by atoms with van der Waals surface area (Å²) in [7, 11) is 0. The number of halogens is 1. The Morgan fingerprint density at radius 3 is 3.00 bits per heavy atom.